The molecule has 1 atom stereocenters. The predicted molar refractivity (Wildman–Crippen MR) is 81.9 cm³/mol. The van der Waals surface area contributed by atoms with Gasteiger partial charge in [-0.2, -0.15) is 0 Å². The lowest BCUT2D eigenvalue weighted by Gasteiger charge is -2.33. The molecule has 1 fully saturated rings. The Hall–Kier alpha value is -0.0400. The molecule has 0 aromatic heterocycles. The molecule has 1 rings (SSSR count). The molecule has 1 aliphatic carbocycles. The van der Waals surface area contributed by atoms with Gasteiger partial charge in [-0.3, -0.25) is 0 Å². The fraction of sp³-hybridized carbons (Fsp3) is 1.00. The lowest BCUT2D eigenvalue weighted by Crippen LogP contribution is -2.35. The van der Waals surface area contributed by atoms with Crippen molar-refractivity contribution in [3.8, 4) is 0 Å². The molecule has 1 heteroatoms. The zero-order valence-corrected chi connectivity index (χ0v) is 13.4. The van der Waals surface area contributed by atoms with Gasteiger partial charge in [-0.15, -0.1) is 0 Å². The Morgan fingerprint density at radius 1 is 1.06 bits per heavy atom. The van der Waals surface area contributed by atoms with Gasteiger partial charge in [-0.25, -0.2) is 0 Å². The molecule has 0 radical (unpaired) electrons. The van der Waals surface area contributed by atoms with Crippen molar-refractivity contribution in [3.63, 3.8) is 0 Å². The zero-order valence-electron chi connectivity index (χ0n) is 13.4. The van der Waals surface area contributed by atoms with Gasteiger partial charge in [0.05, 0.1) is 0 Å². The molecule has 108 valence electrons. The first-order valence-corrected chi connectivity index (χ1v) is 8.13. The predicted octanol–water partition coefficient (Wildman–Crippen LogP) is 5.01. The van der Waals surface area contributed by atoms with E-state index in [1.807, 2.05) is 0 Å². The van der Waals surface area contributed by atoms with Gasteiger partial charge in [0.1, 0.15) is 0 Å². The lowest BCUT2D eigenvalue weighted by molar-refractivity contribution is 0.192. The maximum Gasteiger partial charge on any atom is 0.00104 e. The average Bonchev–Trinajstić information content (AvgIpc) is 2.28. The molecular weight excluding hydrogens is 218 g/mol. The molecule has 0 saturated heterocycles. The van der Waals surface area contributed by atoms with E-state index in [-0.39, 0.29) is 0 Å². The minimum absolute atomic E-state index is 0.441. The molecular formula is C17H35N. The minimum atomic E-state index is 0.441. The van der Waals surface area contributed by atoms with Crippen molar-refractivity contribution < 1.29 is 0 Å². The van der Waals surface area contributed by atoms with Crippen LogP contribution < -0.4 is 5.32 Å². The molecule has 1 unspecified atom stereocenters. The monoisotopic (exact) mass is 253 g/mol. The second-order valence-corrected chi connectivity index (χ2v) is 7.71. The average molecular weight is 253 g/mol. The molecule has 0 bridgehead atoms. The Balaban J connectivity index is 2.35. The maximum absolute atomic E-state index is 3.64. The highest BCUT2D eigenvalue weighted by atomic mass is 14.9. The van der Waals surface area contributed by atoms with Crippen molar-refractivity contribution in [2.45, 2.75) is 85.6 Å². The fourth-order valence-electron chi connectivity index (χ4n) is 3.13. The summed E-state index contributed by atoms with van der Waals surface area (Å²) in [6.45, 7) is 12.9. The number of rotatable bonds is 6. The standard InChI is InChI=1S/C17H35N/c1-14(2)18-13-16(17(3,4)5)12-11-15-9-7-6-8-10-15/h14-16,18H,6-13H2,1-5H3. The van der Waals surface area contributed by atoms with Crippen molar-refractivity contribution in [2.24, 2.45) is 17.3 Å². The molecule has 0 aliphatic heterocycles. The van der Waals surface area contributed by atoms with Gasteiger partial charge in [-0.05, 0) is 30.2 Å². The molecule has 1 aliphatic rings. The first-order valence-electron chi connectivity index (χ1n) is 8.13. The van der Waals surface area contributed by atoms with Crippen molar-refractivity contribution in [1.29, 1.82) is 0 Å². The van der Waals surface area contributed by atoms with E-state index >= 15 is 0 Å². The van der Waals surface area contributed by atoms with Crippen LogP contribution in [0, 0.1) is 17.3 Å². The second-order valence-electron chi connectivity index (χ2n) is 7.71. The quantitative estimate of drug-likeness (QED) is 0.702. The highest BCUT2D eigenvalue weighted by molar-refractivity contribution is 4.78. The van der Waals surface area contributed by atoms with Gasteiger partial charge in [0.15, 0.2) is 0 Å². The molecule has 0 amide bonds. The van der Waals surface area contributed by atoms with Crippen LogP contribution in [0.25, 0.3) is 0 Å². The maximum atomic E-state index is 3.64. The van der Waals surface area contributed by atoms with Crippen LogP contribution in [0.4, 0.5) is 0 Å². The van der Waals surface area contributed by atoms with Crippen molar-refractivity contribution in [2.75, 3.05) is 6.54 Å². The third-order valence-corrected chi connectivity index (χ3v) is 4.65. The molecule has 0 heterocycles. The van der Waals surface area contributed by atoms with E-state index in [2.05, 4.69) is 39.9 Å². The van der Waals surface area contributed by atoms with Crippen LogP contribution in [0.1, 0.15) is 79.6 Å². The summed E-state index contributed by atoms with van der Waals surface area (Å²) < 4.78 is 0. The van der Waals surface area contributed by atoms with Crippen LogP contribution in [-0.2, 0) is 0 Å². The minimum Gasteiger partial charge on any atom is -0.314 e. The number of nitrogens with one attached hydrogen (secondary N) is 1. The molecule has 18 heavy (non-hydrogen) atoms. The summed E-state index contributed by atoms with van der Waals surface area (Å²) >= 11 is 0. The first kappa shape index (κ1) is 16.0. The third-order valence-electron chi connectivity index (χ3n) is 4.65. The summed E-state index contributed by atoms with van der Waals surface area (Å²) in [5.74, 6) is 1.85. The topological polar surface area (TPSA) is 12.0 Å². The Bertz CT molecular complexity index is 208. The zero-order chi connectivity index (χ0) is 13.6. The number of hydrogen-bond donors (Lipinski definition) is 1. The molecule has 1 saturated carbocycles. The van der Waals surface area contributed by atoms with Gasteiger partial charge >= 0.3 is 0 Å². The Labute approximate surface area is 115 Å². The molecule has 1 nitrogen and oxygen atoms in total. The fourth-order valence-corrected chi connectivity index (χ4v) is 3.13. The SMILES string of the molecule is CC(C)NCC(CCC1CCCCC1)C(C)(C)C. The molecule has 0 aromatic carbocycles. The van der Waals surface area contributed by atoms with E-state index in [0.29, 0.717) is 11.5 Å². The lowest BCUT2D eigenvalue weighted by atomic mass is 9.75. The van der Waals surface area contributed by atoms with Crippen LogP contribution in [0.15, 0.2) is 0 Å². The largest absolute Gasteiger partial charge is 0.314 e. The van der Waals surface area contributed by atoms with E-state index < -0.39 is 0 Å². The van der Waals surface area contributed by atoms with Crippen LogP contribution in [-0.4, -0.2) is 12.6 Å². The molecule has 1 N–H and O–H groups in total. The van der Waals surface area contributed by atoms with Gasteiger partial charge in [0, 0.05) is 6.04 Å². The normalized spacial score (nSPS) is 20.3. The summed E-state index contributed by atoms with van der Waals surface area (Å²) in [6.07, 6.45) is 10.3. The van der Waals surface area contributed by atoms with Crippen LogP contribution in [0.3, 0.4) is 0 Å². The van der Waals surface area contributed by atoms with Crippen LogP contribution in [0.2, 0.25) is 0 Å². The summed E-state index contributed by atoms with van der Waals surface area (Å²) in [7, 11) is 0. The van der Waals surface area contributed by atoms with Crippen LogP contribution in [0.5, 0.6) is 0 Å². The Morgan fingerprint density at radius 2 is 1.67 bits per heavy atom. The summed E-state index contributed by atoms with van der Waals surface area (Å²) in [4.78, 5) is 0. The molecule has 0 aromatic rings. The summed E-state index contributed by atoms with van der Waals surface area (Å²) in [5, 5.41) is 3.64. The number of hydrogen-bond acceptors (Lipinski definition) is 1. The smallest absolute Gasteiger partial charge is 0.00104 e. The van der Waals surface area contributed by atoms with Crippen molar-refractivity contribution in [3.05, 3.63) is 0 Å². The van der Waals surface area contributed by atoms with E-state index in [1.165, 1.54) is 51.5 Å². The van der Waals surface area contributed by atoms with E-state index in [1.54, 1.807) is 0 Å². The van der Waals surface area contributed by atoms with E-state index in [4.69, 9.17) is 0 Å². The van der Waals surface area contributed by atoms with Gasteiger partial charge in [-0.1, -0.05) is 73.1 Å². The summed E-state index contributed by atoms with van der Waals surface area (Å²) in [5.41, 5.74) is 0.441. The summed E-state index contributed by atoms with van der Waals surface area (Å²) in [6, 6.07) is 0.615. The molecule has 0 spiro atoms. The van der Waals surface area contributed by atoms with Gasteiger partial charge in [0.25, 0.3) is 0 Å². The Kier molecular flexibility index (Phi) is 6.70. The highest BCUT2D eigenvalue weighted by Gasteiger charge is 2.25. The van der Waals surface area contributed by atoms with Crippen molar-refractivity contribution in [1.82, 2.24) is 5.32 Å². The van der Waals surface area contributed by atoms with Gasteiger partial charge in [0.2, 0.25) is 0 Å². The first-order chi connectivity index (χ1) is 8.39. The van der Waals surface area contributed by atoms with E-state index in [9.17, 15) is 0 Å². The van der Waals surface area contributed by atoms with Gasteiger partial charge < -0.3 is 5.32 Å². The highest BCUT2D eigenvalue weighted by Crippen LogP contribution is 2.34. The van der Waals surface area contributed by atoms with Crippen LogP contribution >= 0.6 is 0 Å². The second kappa shape index (κ2) is 7.53. The van der Waals surface area contributed by atoms with E-state index in [0.717, 1.165) is 11.8 Å². The Morgan fingerprint density at radius 3 is 2.17 bits per heavy atom. The van der Waals surface area contributed by atoms with Crippen molar-refractivity contribution >= 4 is 0 Å². The third kappa shape index (κ3) is 6.22.